The molecule has 0 saturated carbocycles. The number of aliphatic carboxylic acids is 1. The molecule has 2 unspecified atom stereocenters. The number of carboxylic acid groups (broad SMARTS) is 1. The number of carbonyl (C=O) groups is 1. The summed E-state index contributed by atoms with van der Waals surface area (Å²) < 4.78 is 5.38. The third-order valence-corrected chi connectivity index (χ3v) is 3.97. The summed E-state index contributed by atoms with van der Waals surface area (Å²) in [6, 6.07) is 0.526. The Hall–Kier alpha value is -0.610. The minimum absolute atomic E-state index is 0.381. The Kier molecular flexibility index (Phi) is 3.50. The van der Waals surface area contributed by atoms with E-state index >= 15 is 0 Å². The summed E-state index contributed by atoms with van der Waals surface area (Å²) in [6.45, 7) is 4.97. The normalized spacial score (nSPS) is 36.4. The molecule has 4 heteroatoms. The molecule has 0 radical (unpaired) electrons. The quantitative estimate of drug-likeness (QED) is 0.790. The van der Waals surface area contributed by atoms with Gasteiger partial charge in [-0.2, -0.15) is 0 Å². The predicted octanol–water partition coefficient (Wildman–Crippen LogP) is 1.35. The maximum Gasteiger partial charge on any atom is 0.313 e. The fourth-order valence-corrected chi connectivity index (χ4v) is 2.83. The molecule has 0 aromatic rings. The van der Waals surface area contributed by atoms with E-state index in [1.165, 1.54) is 12.8 Å². The lowest BCUT2D eigenvalue weighted by Crippen LogP contribution is -2.49. The molecule has 0 aliphatic carbocycles. The van der Waals surface area contributed by atoms with E-state index in [2.05, 4.69) is 11.8 Å². The zero-order chi connectivity index (χ0) is 11.6. The average Bonchev–Trinajstić information content (AvgIpc) is 2.65. The molecule has 4 nitrogen and oxygen atoms in total. The van der Waals surface area contributed by atoms with Gasteiger partial charge in [0.1, 0.15) is 5.41 Å². The molecule has 2 heterocycles. The van der Waals surface area contributed by atoms with Crippen molar-refractivity contribution < 1.29 is 14.6 Å². The summed E-state index contributed by atoms with van der Waals surface area (Å²) in [6.07, 6.45) is 4.01. The Morgan fingerprint density at radius 3 is 2.88 bits per heavy atom. The van der Waals surface area contributed by atoms with Crippen molar-refractivity contribution in [3.05, 3.63) is 0 Å². The van der Waals surface area contributed by atoms with Gasteiger partial charge >= 0.3 is 5.97 Å². The van der Waals surface area contributed by atoms with Gasteiger partial charge < -0.3 is 9.84 Å². The minimum Gasteiger partial charge on any atom is -0.481 e. The van der Waals surface area contributed by atoms with Gasteiger partial charge in [0.05, 0.1) is 6.61 Å². The SMILES string of the molecule is CC1CCCN1CC1(C(=O)O)CCCOC1. The molecule has 1 N–H and O–H groups in total. The number of nitrogens with zero attached hydrogens (tertiary/aromatic N) is 1. The first-order chi connectivity index (χ1) is 7.64. The fraction of sp³-hybridized carbons (Fsp3) is 0.917. The fourth-order valence-electron chi connectivity index (χ4n) is 2.83. The van der Waals surface area contributed by atoms with Crippen LogP contribution < -0.4 is 0 Å². The lowest BCUT2D eigenvalue weighted by Gasteiger charge is -2.37. The number of likely N-dealkylation sites (tertiary alicyclic amines) is 1. The van der Waals surface area contributed by atoms with E-state index in [1.54, 1.807) is 0 Å². The molecule has 2 aliphatic rings. The van der Waals surface area contributed by atoms with E-state index in [0.717, 1.165) is 19.4 Å². The third-order valence-electron chi connectivity index (χ3n) is 3.97. The third kappa shape index (κ3) is 2.23. The smallest absolute Gasteiger partial charge is 0.313 e. The van der Waals surface area contributed by atoms with Gasteiger partial charge in [0, 0.05) is 19.2 Å². The van der Waals surface area contributed by atoms with Crippen molar-refractivity contribution in [2.45, 2.75) is 38.6 Å². The standard InChI is InChI=1S/C12H21NO3/c1-10-4-2-6-13(10)8-12(11(14)15)5-3-7-16-9-12/h10H,2-9H2,1H3,(H,14,15). The van der Waals surface area contributed by atoms with Crippen molar-refractivity contribution in [3.63, 3.8) is 0 Å². The second-order valence-electron chi connectivity index (χ2n) is 5.20. The van der Waals surface area contributed by atoms with Crippen LogP contribution in [0.4, 0.5) is 0 Å². The van der Waals surface area contributed by atoms with Gasteiger partial charge in [-0.15, -0.1) is 0 Å². The number of hydrogen-bond acceptors (Lipinski definition) is 3. The molecule has 92 valence electrons. The van der Waals surface area contributed by atoms with Gasteiger partial charge in [-0.3, -0.25) is 9.69 Å². The molecule has 0 bridgehead atoms. The minimum atomic E-state index is -0.689. The summed E-state index contributed by atoms with van der Waals surface area (Å²) in [5, 5.41) is 9.43. The molecule has 2 aliphatic heterocycles. The summed E-state index contributed by atoms with van der Waals surface area (Å²) in [7, 11) is 0. The summed E-state index contributed by atoms with van der Waals surface area (Å²) >= 11 is 0. The zero-order valence-electron chi connectivity index (χ0n) is 9.95. The monoisotopic (exact) mass is 227 g/mol. The number of hydrogen-bond donors (Lipinski definition) is 1. The van der Waals surface area contributed by atoms with Crippen molar-refractivity contribution in [1.29, 1.82) is 0 Å². The Balaban J connectivity index is 2.04. The first kappa shape index (κ1) is 11.9. The number of ether oxygens (including phenoxy) is 1. The first-order valence-electron chi connectivity index (χ1n) is 6.19. The molecule has 0 spiro atoms. The lowest BCUT2D eigenvalue weighted by molar-refractivity contribution is -0.159. The highest BCUT2D eigenvalue weighted by Gasteiger charge is 2.43. The highest BCUT2D eigenvalue weighted by atomic mass is 16.5. The van der Waals surface area contributed by atoms with Crippen LogP contribution in [0.1, 0.15) is 32.6 Å². The summed E-state index contributed by atoms with van der Waals surface area (Å²) in [4.78, 5) is 13.8. The second kappa shape index (κ2) is 4.72. The molecule has 2 fully saturated rings. The van der Waals surface area contributed by atoms with E-state index in [1.807, 2.05) is 0 Å². The van der Waals surface area contributed by atoms with Gasteiger partial charge in [-0.25, -0.2) is 0 Å². The molecular formula is C12H21NO3. The largest absolute Gasteiger partial charge is 0.481 e. The van der Waals surface area contributed by atoms with Crippen LogP contribution >= 0.6 is 0 Å². The molecule has 2 atom stereocenters. The molecule has 2 rings (SSSR count). The van der Waals surface area contributed by atoms with E-state index < -0.39 is 11.4 Å². The number of rotatable bonds is 3. The topological polar surface area (TPSA) is 49.8 Å². The molecule has 16 heavy (non-hydrogen) atoms. The van der Waals surface area contributed by atoms with E-state index in [-0.39, 0.29) is 0 Å². The van der Waals surface area contributed by atoms with E-state index in [9.17, 15) is 9.90 Å². The van der Waals surface area contributed by atoms with Crippen molar-refractivity contribution in [2.24, 2.45) is 5.41 Å². The highest BCUT2D eigenvalue weighted by Crippen LogP contribution is 2.32. The zero-order valence-corrected chi connectivity index (χ0v) is 9.95. The highest BCUT2D eigenvalue weighted by molar-refractivity contribution is 5.75. The van der Waals surface area contributed by atoms with Gasteiger partial charge in [-0.1, -0.05) is 0 Å². The predicted molar refractivity (Wildman–Crippen MR) is 60.4 cm³/mol. The Bertz CT molecular complexity index is 261. The van der Waals surface area contributed by atoms with Crippen LogP contribution in [-0.2, 0) is 9.53 Å². The Morgan fingerprint density at radius 2 is 2.38 bits per heavy atom. The van der Waals surface area contributed by atoms with E-state index in [0.29, 0.717) is 25.8 Å². The van der Waals surface area contributed by atoms with Crippen LogP contribution in [-0.4, -0.2) is 48.3 Å². The molecule has 0 aromatic heterocycles. The first-order valence-corrected chi connectivity index (χ1v) is 6.19. The van der Waals surface area contributed by atoms with Crippen molar-refractivity contribution >= 4 is 5.97 Å². The van der Waals surface area contributed by atoms with Gasteiger partial charge in [0.25, 0.3) is 0 Å². The lowest BCUT2D eigenvalue weighted by atomic mass is 9.82. The second-order valence-corrected chi connectivity index (χ2v) is 5.20. The Labute approximate surface area is 96.6 Å². The van der Waals surface area contributed by atoms with Gasteiger partial charge in [-0.05, 0) is 39.2 Å². The molecule has 0 amide bonds. The van der Waals surface area contributed by atoms with Crippen LogP contribution in [0.3, 0.4) is 0 Å². The van der Waals surface area contributed by atoms with Crippen LogP contribution in [0.15, 0.2) is 0 Å². The number of carboxylic acids is 1. The molecular weight excluding hydrogens is 206 g/mol. The Morgan fingerprint density at radius 1 is 1.56 bits per heavy atom. The van der Waals surface area contributed by atoms with Crippen LogP contribution in [0.2, 0.25) is 0 Å². The van der Waals surface area contributed by atoms with Crippen molar-refractivity contribution in [3.8, 4) is 0 Å². The maximum atomic E-state index is 11.5. The van der Waals surface area contributed by atoms with Crippen molar-refractivity contribution in [1.82, 2.24) is 4.90 Å². The summed E-state index contributed by atoms with van der Waals surface area (Å²) in [5.74, 6) is -0.689. The van der Waals surface area contributed by atoms with Crippen LogP contribution in [0.5, 0.6) is 0 Å². The maximum absolute atomic E-state index is 11.5. The average molecular weight is 227 g/mol. The van der Waals surface area contributed by atoms with Crippen molar-refractivity contribution in [2.75, 3.05) is 26.3 Å². The van der Waals surface area contributed by atoms with Crippen LogP contribution in [0, 0.1) is 5.41 Å². The van der Waals surface area contributed by atoms with Crippen LogP contribution in [0.25, 0.3) is 0 Å². The van der Waals surface area contributed by atoms with Gasteiger partial charge in [0.2, 0.25) is 0 Å². The summed E-state index contributed by atoms with van der Waals surface area (Å²) in [5.41, 5.74) is -0.656. The van der Waals surface area contributed by atoms with Gasteiger partial charge in [0.15, 0.2) is 0 Å². The molecule has 2 saturated heterocycles. The molecule has 0 aromatic carbocycles. The van der Waals surface area contributed by atoms with E-state index in [4.69, 9.17) is 4.74 Å².